The van der Waals surface area contributed by atoms with Crippen molar-refractivity contribution in [2.24, 2.45) is 0 Å². The van der Waals surface area contributed by atoms with Crippen LogP contribution >= 0.6 is 23.1 Å². The molecule has 0 spiro atoms. The molecule has 0 fully saturated rings. The molecule has 0 aliphatic heterocycles. The van der Waals surface area contributed by atoms with Gasteiger partial charge in [-0.3, -0.25) is 0 Å². The van der Waals surface area contributed by atoms with Crippen LogP contribution in [-0.2, 0) is 5.75 Å². The van der Waals surface area contributed by atoms with Gasteiger partial charge in [0, 0.05) is 21.1 Å². The molecule has 130 valence electrons. The molecule has 2 nitrogen and oxygen atoms in total. The van der Waals surface area contributed by atoms with Crippen LogP contribution in [0.15, 0.2) is 47.4 Å². The van der Waals surface area contributed by atoms with E-state index in [0.717, 1.165) is 22.2 Å². The maximum Gasteiger partial charge on any atom is 0.123 e. The molecule has 0 bridgehead atoms. The number of nitrogens with zero attached hydrogens (tertiary/aromatic N) is 1. The number of thioether (sulfide) groups is 1. The van der Waals surface area contributed by atoms with E-state index >= 15 is 0 Å². The van der Waals surface area contributed by atoms with E-state index in [1.54, 1.807) is 11.3 Å². The summed E-state index contributed by atoms with van der Waals surface area (Å²) in [5.74, 6) is 1.92. The monoisotopic (exact) mass is 369 g/mol. The highest BCUT2D eigenvalue weighted by Gasteiger charge is 2.10. The van der Waals surface area contributed by atoms with Gasteiger partial charge in [-0.05, 0) is 51.5 Å². The molecule has 3 rings (SSSR count). The third-order valence-electron chi connectivity index (χ3n) is 4.01. The summed E-state index contributed by atoms with van der Waals surface area (Å²) in [6.45, 7) is 9.03. The molecule has 0 aliphatic rings. The topological polar surface area (TPSA) is 22.1 Å². The predicted octanol–water partition coefficient (Wildman–Crippen LogP) is 6.43. The molecule has 3 aromatic rings. The molecule has 0 saturated carbocycles. The standard InChI is InChI=1S/C21H23NOS2/c1-5-23-19-11-10-18(12-15(19)3)24-13-20-16(4)22-21(25-20)17-8-6-14(2)7-9-17/h6-12H,5,13H2,1-4H3. The van der Waals surface area contributed by atoms with E-state index in [2.05, 4.69) is 63.2 Å². The summed E-state index contributed by atoms with van der Waals surface area (Å²) >= 11 is 3.65. The number of rotatable bonds is 6. The van der Waals surface area contributed by atoms with Crippen molar-refractivity contribution in [3.63, 3.8) is 0 Å². The van der Waals surface area contributed by atoms with E-state index in [1.165, 1.54) is 26.5 Å². The molecular weight excluding hydrogens is 346 g/mol. The van der Waals surface area contributed by atoms with Crippen LogP contribution in [0.5, 0.6) is 5.75 Å². The second-order valence-corrected chi connectivity index (χ2v) is 8.17. The van der Waals surface area contributed by atoms with E-state index in [9.17, 15) is 0 Å². The number of hydrogen-bond donors (Lipinski definition) is 0. The van der Waals surface area contributed by atoms with Crippen LogP contribution in [0.1, 0.15) is 28.6 Å². The largest absolute Gasteiger partial charge is 0.494 e. The van der Waals surface area contributed by atoms with Gasteiger partial charge in [0.25, 0.3) is 0 Å². The molecule has 0 atom stereocenters. The van der Waals surface area contributed by atoms with Crippen LogP contribution in [0.25, 0.3) is 10.6 Å². The lowest BCUT2D eigenvalue weighted by atomic mass is 10.2. The number of thiazole rings is 1. The summed E-state index contributed by atoms with van der Waals surface area (Å²) in [4.78, 5) is 7.37. The SMILES string of the molecule is CCOc1ccc(SCc2sc(-c3ccc(C)cc3)nc2C)cc1C. The van der Waals surface area contributed by atoms with Crippen LogP contribution in [0.3, 0.4) is 0 Å². The third-order valence-corrected chi connectivity index (χ3v) is 6.42. The molecule has 0 saturated heterocycles. The predicted molar refractivity (Wildman–Crippen MR) is 109 cm³/mol. The van der Waals surface area contributed by atoms with Crippen LogP contribution in [0.2, 0.25) is 0 Å². The molecule has 0 N–H and O–H groups in total. The highest BCUT2D eigenvalue weighted by Crippen LogP contribution is 2.34. The Morgan fingerprint density at radius 1 is 1.04 bits per heavy atom. The van der Waals surface area contributed by atoms with Crippen molar-refractivity contribution in [1.82, 2.24) is 4.98 Å². The number of ether oxygens (including phenoxy) is 1. The molecular formula is C21H23NOS2. The Bertz CT molecular complexity index is 853. The van der Waals surface area contributed by atoms with Crippen LogP contribution in [0.4, 0.5) is 0 Å². The van der Waals surface area contributed by atoms with Gasteiger partial charge in [-0.15, -0.1) is 23.1 Å². The first-order chi connectivity index (χ1) is 12.1. The zero-order valence-corrected chi connectivity index (χ0v) is 16.8. The number of aryl methyl sites for hydroxylation is 3. The van der Waals surface area contributed by atoms with Gasteiger partial charge in [0.15, 0.2) is 0 Å². The molecule has 0 amide bonds. The van der Waals surface area contributed by atoms with Crippen molar-refractivity contribution in [2.75, 3.05) is 6.61 Å². The number of benzene rings is 2. The van der Waals surface area contributed by atoms with E-state index in [-0.39, 0.29) is 0 Å². The Morgan fingerprint density at radius 3 is 2.48 bits per heavy atom. The van der Waals surface area contributed by atoms with Gasteiger partial charge in [-0.25, -0.2) is 4.98 Å². The number of aromatic nitrogens is 1. The second kappa shape index (κ2) is 8.07. The first kappa shape index (κ1) is 18.0. The summed E-state index contributed by atoms with van der Waals surface area (Å²) in [6.07, 6.45) is 0. The zero-order chi connectivity index (χ0) is 17.8. The van der Waals surface area contributed by atoms with Crippen molar-refractivity contribution in [3.05, 3.63) is 64.2 Å². The average molecular weight is 370 g/mol. The quantitative estimate of drug-likeness (QED) is 0.468. The first-order valence-corrected chi connectivity index (χ1v) is 10.3. The van der Waals surface area contributed by atoms with Gasteiger partial charge in [-0.1, -0.05) is 29.8 Å². The van der Waals surface area contributed by atoms with Crippen LogP contribution in [-0.4, -0.2) is 11.6 Å². The van der Waals surface area contributed by atoms with Crippen molar-refractivity contribution in [3.8, 4) is 16.3 Å². The third kappa shape index (κ3) is 4.44. The van der Waals surface area contributed by atoms with Gasteiger partial charge in [0.1, 0.15) is 10.8 Å². The zero-order valence-electron chi connectivity index (χ0n) is 15.1. The molecule has 2 aromatic carbocycles. The van der Waals surface area contributed by atoms with Gasteiger partial charge in [-0.2, -0.15) is 0 Å². The maximum atomic E-state index is 5.62. The summed E-state index contributed by atoms with van der Waals surface area (Å²) in [7, 11) is 0. The maximum absolute atomic E-state index is 5.62. The Morgan fingerprint density at radius 2 is 1.80 bits per heavy atom. The lowest BCUT2D eigenvalue weighted by Crippen LogP contribution is -1.93. The van der Waals surface area contributed by atoms with E-state index in [0.29, 0.717) is 6.61 Å². The Hall–Kier alpha value is -1.78. The second-order valence-electron chi connectivity index (χ2n) is 6.04. The smallest absolute Gasteiger partial charge is 0.123 e. The minimum atomic E-state index is 0.704. The van der Waals surface area contributed by atoms with Gasteiger partial charge in [0.2, 0.25) is 0 Å². The molecule has 1 heterocycles. The molecule has 0 unspecified atom stereocenters. The molecule has 0 aliphatic carbocycles. The van der Waals surface area contributed by atoms with E-state index in [4.69, 9.17) is 9.72 Å². The molecule has 25 heavy (non-hydrogen) atoms. The highest BCUT2D eigenvalue weighted by atomic mass is 32.2. The first-order valence-electron chi connectivity index (χ1n) is 8.46. The average Bonchev–Trinajstić information content (AvgIpc) is 2.97. The Kier molecular flexibility index (Phi) is 5.82. The Balaban J connectivity index is 1.71. The summed E-state index contributed by atoms with van der Waals surface area (Å²) in [5, 5.41) is 1.11. The lowest BCUT2D eigenvalue weighted by Gasteiger charge is -2.08. The summed E-state index contributed by atoms with van der Waals surface area (Å²) < 4.78 is 5.62. The normalized spacial score (nSPS) is 10.9. The van der Waals surface area contributed by atoms with E-state index in [1.807, 2.05) is 18.7 Å². The molecule has 1 aromatic heterocycles. The fourth-order valence-electron chi connectivity index (χ4n) is 2.56. The fourth-order valence-corrected chi connectivity index (χ4v) is 4.77. The minimum Gasteiger partial charge on any atom is -0.494 e. The number of hydrogen-bond acceptors (Lipinski definition) is 4. The van der Waals surface area contributed by atoms with Crippen LogP contribution in [0, 0.1) is 20.8 Å². The summed E-state index contributed by atoms with van der Waals surface area (Å²) in [5.41, 5.74) is 4.80. The van der Waals surface area contributed by atoms with Crippen molar-refractivity contribution < 1.29 is 4.74 Å². The highest BCUT2D eigenvalue weighted by molar-refractivity contribution is 7.98. The van der Waals surface area contributed by atoms with Crippen molar-refractivity contribution in [1.29, 1.82) is 0 Å². The summed E-state index contributed by atoms with van der Waals surface area (Å²) in [6, 6.07) is 15.0. The van der Waals surface area contributed by atoms with E-state index < -0.39 is 0 Å². The fraction of sp³-hybridized carbons (Fsp3) is 0.286. The lowest BCUT2D eigenvalue weighted by molar-refractivity contribution is 0.337. The van der Waals surface area contributed by atoms with Gasteiger partial charge >= 0.3 is 0 Å². The van der Waals surface area contributed by atoms with Crippen molar-refractivity contribution in [2.45, 2.75) is 38.3 Å². The molecule has 0 radical (unpaired) electrons. The molecule has 4 heteroatoms. The van der Waals surface area contributed by atoms with Gasteiger partial charge < -0.3 is 4.74 Å². The minimum absolute atomic E-state index is 0.704. The van der Waals surface area contributed by atoms with Crippen LogP contribution < -0.4 is 4.74 Å². The Labute approximate surface area is 158 Å². The van der Waals surface area contributed by atoms with Gasteiger partial charge in [0.05, 0.1) is 12.3 Å². The van der Waals surface area contributed by atoms with Crippen molar-refractivity contribution >= 4 is 23.1 Å².